The molecule has 29 heavy (non-hydrogen) atoms. The lowest BCUT2D eigenvalue weighted by Crippen LogP contribution is -2.48. The molecule has 1 aliphatic rings. The maximum Gasteiger partial charge on any atom is 0.259 e. The summed E-state index contributed by atoms with van der Waals surface area (Å²) in [5.41, 5.74) is 0.0121. The van der Waals surface area contributed by atoms with Crippen LogP contribution in [0.25, 0.3) is 0 Å². The Hall–Kier alpha value is -2.80. The van der Waals surface area contributed by atoms with E-state index < -0.39 is 0 Å². The van der Waals surface area contributed by atoms with Crippen molar-refractivity contribution in [2.24, 2.45) is 5.41 Å². The number of hydrogen-bond acceptors (Lipinski definition) is 6. The van der Waals surface area contributed by atoms with Crippen LogP contribution in [-0.4, -0.2) is 61.4 Å². The number of carbonyl (C=O) groups is 1. The van der Waals surface area contributed by atoms with Gasteiger partial charge in [-0.2, -0.15) is 4.98 Å². The number of aromatic nitrogens is 1. The smallest absolute Gasteiger partial charge is 0.259 e. The number of likely N-dealkylation sites (tertiary alicyclic amines) is 1. The monoisotopic (exact) mass is 400 g/mol. The SMILES string of the molecule is COc1ccc(C(=O)N2CCC[C@@](CO)(CCOc3ccccc3)C2)c(OC)n1. The fraction of sp³-hybridized carbons (Fsp3) is 0.455. The van der Waals surface area contributed by atoms with E-state index in [1.54, 1.807) is 17.0 Å². The van der Waals surface area contributed by atoms with Crippen molar-refractivity contribution >= 4 is 5.91 Å². The van der Waals surface area contributed by atoms with Crippen molar-refractivity contribution in [3.63, 3.8) is 0 Å². The van der Waals surface area contributed by atoms with Crippen molar-refractivity contribution in [3.8, 4) is 17.5 Å². The molecule has 0 unspecified atom stereocenters. The van der Waals surface area contributed by atoms with E-state index in [2.05, 4.69) is 4.98 Å². The third-order valence-corrected chi connectivity index (χ3v) is 5.40. The van der Waals surface area contributed by atoms with Gasteiger partial charge >= 0.3 is 0 Å². The highest BCUT2D eigenvalue weighted by Gasteiger charge is 2.37. The van der Waals surface area contributed by atoms with E-state index in [1.165, 1.54) is 14.2 Å². The van der Waals surface area contributed by atoms with Crippen LogP contribution in [0, 0.1) is 5.41 Å². The molecule has 7 nitrogen and oxygen atoms in total. The lowest BCUT2D eigenvalue weighted by molar-refractivity contribution is 0.0154. The average Bonchev–Trinajstić information content (AvgIpc) is 2.79. The summed E-state index contributed by atoms with van der Waals surface area (Å²) >= 11 is 0. The van der Waals surface area contributed by atoms with Crippen molar-refractivity contribution in [2.45, 2.75) is 19.3 Å². The van der Waals surface area contributed by atoms with Gasteiger partial charge in [0.05, 0.1) is 27.4 Å². The summed E-state index contributed by atoms with van der Waals surface area (Å²) in [6, 6.07) is 12.9. The van der Waals surface area contributed by atoms with Crippen LogP contribution >= 0.6 is 0 Å². The highest BCUT2D eigenvalue weighted by molar-refractivity contribution is 5.96. The Morgan fingerprint density at radius 1 is 1.17 bits per heavy atom. The number of hydrogen-bond donors (Lipinski definition) is 1. The van der Waals surface area contributed by atoms with E-state index in [0.29, 0.717) is 37.6 Å². The van der Waals surface area contributed by atoms with Gasteiger partial charge in [-0.05, 0) is 37.5 Å². The van der Waals surface area contributed by atoms with Gasteiger partial charge in [-0.3, -0.25) is 4.79 Å². The predicted octanol–water partition coefficient (Wildman–Crippen LogP) is 2.78. The van der Waals surface area contributed by atoms with Crippen molar-refractivity contribution < 1.29 is 24.1 Å². The summed E-state index contributed by atoms with van der Waals surface area (Å²) < 4.78 is 16.2. The van der Waals surface area contributed by atoms with Crippen LogP contribution in [0.5, 0.6) is 17.5 Å². The van der Waals surface area contributed by atoms with Crippen LogP contribution in [-0.2, 0) is 0 Å². The zero-order valence-electron chi connectivity index (χ0n) is 17.0. The second kappa shape index (κ2) is 9.60. The molecule has 1 aromatic carbocycles. The number of nitrogens with zero attached hydrogens (tertiary/aromatic N) is 2. The summed E-state index contributed by atoms with van der Waals surface area (Å²) in [6.07, 6.45) is 2.34. The molecule has 1 atom stereocenters. The van der Waals surface area contributed by atoms with Crippen LogP contribution in [0.4, 0.5) is 0 Å². The third-order valence-electron chi connectivity index (χ3n) is 5.40. The molecule has 0 radical (unpaired) electrons. The van der Waals surface area contributed by atoms with Gasteiger partial charge in [-0.15, -0.1) is 0 Å². The molecule has 0 spiro atoms. The molecular formula is C22H28N2O5. The molecular weight excluding hydrogens is 372 g/mol. The van der Waals surface area contributed by atoms with Crippen molar-refractivity contribution in [1.29, 1.82) is 0 Å². The topological polar surface area (TPSA) is 81.1 Å². The van der Waals surface area contributed by atoms with Crippen molar-refractivity contribution in [3.05, 3.63) is 48.0 Å². The van der Waals surface area contributed by atoms with Gasteiger partial charge in [0.1, 0.15) is 11.3 Å². The number of carbonyl (C=O) groups excluding carboxylic acids is 1. The Labute approximate surface area is 171 Å². The molecule has 1 fully saturated rings. The molecule has 3 rings (SSSR count). The van der Waals surface area contributed by atoms with E-state index in [-0.39, 0.29) is 23.8 Å². The Bertz CT molecular complexity index is 814. The number of methoxy groups -OCH3 is 2. The first-order valence-electron chi connectivity index (χ1n) is 9.78. The van der Waals surface area contributed by atoms with Crippen LogP contribution in [0.3, 0.4) is 0 Å². The number of benzene rings is 1. The first kappa shape index (κ1) is 20.9. The molecule has 0 bridgehead atoms. The van der Waals surface area contributed by atoms with Crippen LogP contribution in [0.15, 0.2) is 42.5 Å². The van der Waals surface area contributed by atoms with Gasteiger partial charge in [0.25, 0.3) is 5.91 Å². The zero-order chi connectivity index (χ0) is 20.7. The number of pyridine rings is 1. The Morgan fingerprint density at radius 3 is 2.66 bits per heavy atom. The minimum atomic E-state index is -0.379. The number of amides is 1. The van der Waals surface area contributed by atoms with Crippen molar-refractivity contribution in [1.82, 2.24) is 9.88 Å². The van der Waals surface area contributed by atoms with Gasteiger partial charge in [0.15, 0.2) is 0 Å². The second-order valence-corrected chi connectivity index (χ2v) is 7.31. The van der Waals surface area contributed by atoms with E-state index in [9.17, 15) is 9.90 Å². The highest BCUT2D eigenvalue weighted by atomic mass is 16.5. The summed E-state index contributed by atoms with van der Waals surface area (Å²) in [7, 11) is 2.99. The number of ether oxygens (including phenoxy) is 3. The van der Waals surface area contributed by atoms with Gasteiger partial charge < -0.3 is 24.2 Å². The molecule has 1 N–H and O–H groups in total. The first-order valence-corrected chi connectivity index (χ1v) is 9.78. The minimum absolute atomic E-state index is 0.00687. The van der Waals surface area contributed by atoms with E-state index >= 15 is 0 Å². The molecule has 7 heteroatoms. The number of piperidine rings is 1. The maximum absolute atomic E-state index is 13.1. The molecule has 1 aliphatic heterocycles. The fourth-order valence-corrected chi connectivity index (χ4v) is 3.72. The summed E-state index contributed by atoms with van der Waals surface area (Å²) in [6.45, 7) is 1.60. The minimum Gasteiger partial charge on any atom is -0.494 e. The second-order valence-electron chi connectivity index (χ2n) is 7.31. The Morgan fingerprint density at radius 2 is 1.97 bits per heavy atom. The van der Waals surface area contributed by atoms with Crippen LogP contribution in [0.1, 0.15) is 29.6 Å². The highest BCUT2D eigenvalue weighted by Crippen LogP contribution is 2.34. The molecule has 0 saturated carbocycles. The number of rotatable bonds is 8. The number of aliphatic hydroxyl groups excluding tert-OH is 1. The molecule has 1 aromatic heterocycles. The van der Waals surface area contributed by atoms with E-state index in [1.807, 2.05) is 30.3 Å². The fourth-order valence-electron chi connectivity index (χ4n) is 3.72. The lowest BCUT2D eigenvalue weighted by atomic mass is 9.78. The molecule has 1 amide bonds. The van der Waals surface area contributed by atoms with E-state index in [4.69, 9.17) is 14.2 Å². The summed E-state index contributed by atoms with van der Waals surface area (Å²) in [5.74, 6) is 1.28. The van der Waals surface area contributed by atoms with Crippen LogP contribution < -0.4 is 14.2 Å². The van der Waals surface area contributed by atoms with Crippen LogP contribution in [0.2, 0.25) is 0 Å². The normalized spacial score (nSPS) is 18.9. The first-order chi connectivity index (χ1) is 14.1. The molecule has 156 valence electrons. The molecule has 0 aliphatic carbocycles. The average molecular weight is 400 g/mol. The quantitative estimate of drug-likeness (QED) is 0.734. The Kier molecular flexibility index (Phi) is 6.93. The van der Waals surface area contributed by atoms with Gasteiger partial charge in [-0.1, -0.05) is 18.2 Å². The van der Waals surface area contributed by atoms with Crippen molar-refractivity contribution in [2.75, 3.05) is 40.5 Å². The van der Waals surface area contributed by atoms with Gasteiger partial charge in [0.2, 0.25) is 11.8 Å². The molecule has 2 heterocycles. The molecule has 2 aromatic rings. The summed E-state index contributed by atoms with van der Waals surface area (Å²) in [5, 5.41) is 10.1. The molecule has 1 saturated heterocycles. The predicted molar refractivity (Wildman–Crippen MR) is 109 cm³/mol. The summed E-state index contributed by atoms with van der Waals surface area (Å²) in [4.78, 5) is 19.1. The zero-order valence-corrected chi connectivity index (χ0v) is 17.0. The maximum atomic E-state index is 13.1. The largest absolute Gasteiger partial charge is 0.494 e. The Balaban J connectivity index is 1.68. The standard InChI is InChI=1S/C22H28N2O5/c1-27-19-10-9-18(20(23-19)28-2)21(26)24-13-6-11-22(15-24,16-25)12-14-29-17-7-4-3-5-8-17/h3-5,7-10,25H,6,11-16H2,1-2H3/t22-/m1/s1. The van der Waals surface area contributed by atoms with E-state index in [0.717, 1.165) is 18.6 Å². The third kappa shape index (κ3) is 4.98. The van der Waals surface area contributed by atoms with Gasteiger partial charge in [0, 0.05) is 24.6 Å². The number of aliphatic hydroxyl groups is 1. The number of para-hydroxylation sites is 1. The van der Waals surface area contributed by atoms with Gasteiger partial charge in [-0.25, -0.2) is 0 Å². The lowest BCUT2D eigenvalue weighted by Gasteiger charge is -2.42.